The minimum Gasteiger partial charge on any atom is -0.508 e. The Hall–Kier alpha value is -5.92. The summed E-state index contributed by atoms with van der Waals surface area (Å²) in [7, 11) is 1.93. The molecule has 4 aliphatic heterocycles. The number of benzene rings is 3. The number of rotatable bonds is 7. The number of pyridine rings is 2. The van der Waals surface area contributed by atoms with Gasteiger partial charge in [-0.15, -0.1) is 0 Å². The summed E-state index contributed by atoms with van der Waals surface area (Å²) in [6.07, 6.45) is 5.79. The van der Waals surface area contributed by atoms with Crippen molar-refractivity contribution in [2.75, 3.05) is 20.1 Å². The first-order valence-electron chi connectivity index (χ1n) is 22.5. The molecule has 1 saturated heterocycles. The fourth-order valence-corrected chi connectivity index (χ4v) is 11.7. The molecule has 11 rings (SSSR count). The van der Waals surface area contributed by atoms with E-state index >= 15 is 0 Å². The van der Waals surface area contributed by atoms with Crippen molar-refractivity contribution >= 4 is 29.1 Å². The van der Waals surface area contributed by atoms with Gasteiger partial charge in [0.1, 0.15) is 30.2 Å². The molecule has 5 aromatic rings. The predicted octanol–water partition coefficient (Wildman–Crippen LogP) is 7.42. The van der Waals surface area contributed by atoms with Crippen molar-refractivity contribution in [2.24, 2.45) is 11.3 Å². The molecular formula is C51H54FN5O7. The molecule has 6 aliphatic rings. The van der Waals surface area contributed by atoms with Crippen LogP contribution < -0.4 is 10.9 Å². The van der Waals surface area contributed by atoms with E-state index in [1.165, 1.54) is 30.5 Å². The zero-order valence-corrected chi connectivity index (χ0v) is 37.0. The maximum absolute atomic E-state index is 14.7. The van der Waals surface area contributed by atoms with E-state index in [0.717, 1.165) is 72.0 Å². The van der Waals surface area contributed by atoms with Gasteiger partial charge in [0, 0.05) is 68.3 Å². The largest absolute Gasteiger partial charge is 0.508 e. The van der Waals surface area contributed by atoms with Crippen LogP contribution in [-0.2, 0) is 53.5 Å². The molecule has 2 unspecified atom stereocenters. The van der Waals surface area contributed by atoms with Crippen molar-refractivity contribution in [1.82, 2.24) is 24.7 Å². The van der Waals surface area contributed by atoms with Crippen molar-refractivity contribution < 1.29 is 33.7 Å². The van der Waals surface area contributed by atoms with Gasteiger partial charge in [-0.2, -0.15) is 0 Å². The maximum Gasteiger partial charge on any atom is 0.313 e. The van der Waals surface area contributed by atoms with Gasteiger partial charge in [0.05, 0.1) is 40.5 Å². The minimum atomic E-state index is -0.498. The lowest BCUT2D eigenvalue weighted by atomic mass is 9.57. The molecule has 332 valence electrons. The topological polar surface area (TPSA) is 154 Å². The Morgan fingerprint density at radius 3 is 2.52 bits per heavy atom. The Kier molecular flexibility index (Phi) is 10.3. The number of esters is 1. The van der Waals surface area contributed by atoms with Crippen molar-refractivity contribution in [1.29, 1.82) is 0 Å². The van der Waals surface area contributed by atoms with Crippen LogP contribution >= 0.6 is 0 Å². The molecule has 2 aromatic heterocycles. The van der Waals surface area contributed by atoms with Crippen molar-refractivity contribution in [3.05, 3.63) is 120 Å². The summed E-state index contributed by atoms with van der Waals surface area (Å²) in [4.78, 5) is 58.4. The number of carbonyl (C=O) groups is 3. The first-order chi connectivity index (χ1) is 30.7. The van der Waals surface area contributed by atoms with Gasteiger partial charge in [-0.3, -0.25) is 19.3 Å². The number of aryl methyl sites for hydroxylation is 1. The number of phenols is 2. The van der Waals surface area contributed by atoms with Gasteiger partial charge in [0.25, 0.3) is 11.5 Å². The zero-order chi connectivity index (χ0) is 44.9. The summed E-state index contributed by atoms with van der Waals surface area (Å²) in [5.74, 6) is -0.813. The normalized spacial score (nSPS) is 20.2. The van der Waals surface area contributed by atoms with Crippen LogP contribution in [0.4, 0.5) is 4.39 Å². The van der Waals surface area contributed by atoms with Crippen molar-refractivity contribution in [3.63, 3.8) is 0 Å². The lowest BCUT2D eigenvalue weighted by molar-refractivity contribution is -0.147. The fourth-order valence-electron chi connectivity index (χ4n) is 11.7. The molecule has 3 aromatic carbocycles. The molecule has 13 heteroatoms. The molecule has 0 radical (unpaired) electrons. The van der Waals surface area contributed by atoms with Crippen LogP contribution in [0, 0.1) is 24.1 Å². The molecule has 2 fully saturated rings. The minimum absolute atomic E-state index is 0.00389. The molecule has 1 spiro atoms. The zero-order valence-electron chi connectivity index (χ0n) is 37.0. The fraction of sp³-hybridized carbons (Fsp3) is 0.431. The lowest BCUT2D eigenvalue weighted by Crippen LogP contribution is -2.61. The number of ether oxygens (including phenoxy) is 1. The second kappa shape index (κ2) is 15.7. The van der Waals surface area contributed by atoms with E-state index in [9.17, 15) is 33.8 Å². The van der Waals surface area contributed by atoms with Crippen molar-refractivity contribution in [3.8, 4) is 22.9 Å². The monoisotopic (exact) mass is 867 g/mol. The van der Waals surface area contributed by atoms with Gasteiger partial charge < -0.3 is 34.5 Å². The maximum atomic E-state index is 14.7. The number of fused-ring (bicyclic) bond motifs is 6. The number of hydrogen-bond acceptors (Lipinski definition) is 10. The third kappa shape index (κ3) is 6.81. The number of aromatic hydroxyl groups is 2. The molecule has 1 saturated carbocycles. The third-order valence-corrected chi connectivity index (χ3v) is 15.0. The Balaban J connectivity index is 0.000000152. The van der Waals surface area contributed by atoms with Gasteiger partial charge in [-0.25, -0.2) is 9.37 Å². The average Bonchev–Trinajstić information content (AvgIpc) is 3.84. The standard InChI is InChI=1S/C27H32N2O4.C24H22FN3O3/c1-17(2)22-8-23(25(32)9-24(22)31)26(33)29-13-20-4-3-18(7-21(20)14-29)12-28-15-27(16-28)10-19(11-27)5-6-30;1-10-12-4-5-17(26-3)21-14-8-28-19(22(14)27-18(20(12)21)7-16(10)25)6-13-11(2)24(30)31-9-15(13)23(28)29/h3-4,6-9,17,19,31-32H,5,10-16H2,1-2H3;6-7,11,17,26H,4-5,8-9H2,1-3H3. The summed E-state index contributed by atoms with van der Waals surface area (Å²) >= 11 is 0. The van der Waals surface area contributed by atoms with E-state index in [-0.39, 0.29) is 58.9 Å². The molecule has 3 N–H and O–H groups in total. The first-order valence-corrected chi connectivity index (χ1v) is 22.5. The highest BCUT2D eigenvalue weighted by Gasteiger charge is 2.51. The van der Waals surface area contributed by atoms with Crippen LogP contribution in [0.15, 0.2) is 47.3 Å². The molecule has 2 aliphatic carbocycles. The van der Waals surface area contributed by atoms with Crippen LogP contribution in [0.5, 0.6) is 11.5 Å². The molecule has 1 amide bonds. The number of nitrogens with zero attached hydrogens (tertiary/aromatic N) is 4. The van der Waals surface area contributed by atoms with E-state index in [1.807, 2.05) is 33.9 Å². The van der Waals surface area contributed by atoms with Gasteiger partial charge >= 0.3 is 5.97 Å². The predicted molar refractivity (Wildman–Crippen MR) is 239 cm³/mol. The van der Waals surface area contributed by atoms with E-state index in [4.69, 9.17) is 9.72 Å². The lowest BCUT2D eigenvalue weighted by Gasteiger charge is -2.59. The SMILES string of the molecule is CC(C)c1cc(C(=O)N2Cc3ccc(CN4CC5(CC(CC=O)C5)C4)cc3C2)c(O)cc1O.CNC1CCc2c(C)c(F)cc3nc4c(c1c23)Cn1c-4cc2c(c1=O)COC(=O)C2C. The van der Waals surface area contributed by atoms with Crippen molar-refractivity contribution in [2.45, 2.75) is 110 Å². The highest BCUT2D eigenvalue weighted by atomic mass is 19.1. The Morgan fingerprint density at radius 1 is 1.02 bits per heavy atom. The molecule has 12 nitrogen and oxygen atoms in total. The number of carbonyl (C=O) groups excluding carboxylic acids is 3. The number of likely N-dealkylation sites (tertiary alicyclic amines) is 1. The van der Waals surface area contributed by atoms with Crippen LogP contribution in [-0.4, -0.2) is 67.9 Å². The van der Waals surface area contributed by atoms with Crippen LogP contribution in [0.3, 0.4) is 0 Å². The van der Waals surface area contributed by atoms with Crippen LogP contribution in [0.25, 0.3) is 22.3 Å². The Bertz CT molecular complexity index is 2870. The number of amides is 1. The highest BCUT2D eigenvalue weighted by molar-refractivity contribution is 5.98. The van der Waals surface area contributed by atoms with E-state index < -0.39 is 5.92 Å². The van der Waals surface area contributed by atoms with E-state index in [2.05, 4.69) is 28.4 Å². The number of aromatic nitrogens is 2. The molecule has 2 atom stereocenters. The summed E-state index contributed by atoms with van der Waals surface area (Å²) in [5, 5.41) is 24.8. The van der Waals surface area contributed by atoms with Gasteiger partial charge in [-0.05, 0) is 120 Å². The second-order valence-electron chi connectivity index (χ2n) is 19.4. The second-order valence-corrected chi connectivity index (χ2v) is 19.4. The van der Waals surface area contributed by atoms with E-state index in [1.54, 1.807) is 22.5 Å². The highest BCUT2D eigenvalue weighted by Crippen LogP contribution is 2.53. The molecule has 0 bridgehead atoms. The van der Waals surface area contributed by atoms with Gasteiger partial charge in [-0.1, -0.05) is 32.0 Å². The number of nitrogens with one attached hydrogen (secondary N) is 1. The average molecular weight is 868 g/mol. The summed E-state index contributed by atoms with van der Waals surface area (Å²) in [5.41, 5.74) is 11.9. The third-order valence-electron chi connectivity index (χ3n) is 15.0. The van der Waals surface area contributed by atoms with Crippen LogP contribution in [0.2, 0.25) is 0 Å². The number of halogens is 1. The van der Waals surface area contributed by atoms with Gasteiger partial charge in [0.15, 0.2) is 0 Å². The molecular weight excluding hydrogens is 814 g/mol. The van der Waals surface area contributed by atoms with Gasteiger partial charge in [0.2, 0.25) is 0 Å². The smallest absolute Gasteiger partial charge is 0.313 e. The number of cyclic esters (lactones) is 1. The number of hydrogen-bond donors (Lipinski definition) is 3. The number of phenolic OH excluding ortho intramolecular Hbond substituents is 2. The van der Waals surface area contributed by atoms with E-state index in [0.29, 0.717) is 76.5 Å². The Labute approximate surface area is 371 Å². The summed E-state index contributed by atoms with van der Waals surface area (Å²) in [6, 6.07) is 12.9. The number of aldehydes is 1. The summed E-state index contributed by atoms with van der Waals surface area (Å²) < 4.78 is 21.6. The molecule has 64 heavy (non-hydrogen) atoms. The molecule has 6 heterocycles. The van der Waals surface area contributed by atoms with Crippen LogP contribution in [0.1, 0.15) is 130 Å². The first kappa shape index (κ1) is 42.1. The summed E-state index contributed by atoms with van der Waals surface area (Å²) in [6.45, 7) is 12.1. The Morgan fingerprint density at radius 2 is 1.78 bits per heavy atom. The quantitative estimate of drug-likeness (QED) is 0.109.